The van der Waals surface area contributed by atoms with Crippen LogP contribution >= 0.6 is 11.6 Å². The maximum Gasteiger partial charge on any atom is 0.142 e. The van der Waals surface area contributed by atoms with Crippen molar-refractivity contribution < 1.29 is 9.13 Å². The summed E-state index contributed by atoms with van der Waals surface area (Å²) < 4.78 is 19.6. The highest BCUT2D eigenvalue weighted by Gasteiger charge is 2.44. The van der Waals surface area contributed by atoms with Crippen molar-refractivity contribution in [1.82, 2.24) is 5.43 Å². The molecular formula is C15H20ClFN2O. The molecule has 1 saturated heterocycles. The highest BCUT2D eigenvalue weighted by atomic mass is 35.5. The van der Waals surface area contributed by atoms with Crippen LogP contribution in [0, 0.1) is 11.7 Å². The van der Waals surface area contributed by atoms with Crippen molar-refractivity contribution in [2.45, 2.75) is 43.7 Å². The van der Waals surface area contributed by atoms with Crippen LogP contribution in [-0.2, 0) is 4.74 Å². The fraction of sp³-hybridized carbons (Fsp3) is 0.600. The molecule has 1 heterocycles. The van der Waals surface area contributed by atoms with Crippen molar-refractivity contribution in [2.24, 2.45) is 11.8 Å². The summed E-state index contributed by atoms with van der Waals surface area (Å²) in [5.41, 5.74) is 3.62. The Kier molecular flexibility index (Phi) is 4.00. The molecular weight excluding hydrogens is 279 g/mol. The van der Waals surface area contributed by atoms with E-state index in [1.54, 1.807) is 6.07 Å². The van der Waals surface area contributed by atoms with Gasteiger partial charge in [-0.1, -0.05) is 23.7 Å². The largest absolute Gasteiger partial charge is 0.375 e. The van der Waals surface area contributed by atoms with Gasteiger partial charge in [-0.15, -0.1) is 0 Å². The lowest BCUT2D eigenvalue weighted by Gasteiger charge is -2.48. The lowest BCUT2D eigenvalue weighted by Crippen LogP contribution is -2.48. The zero-order valence-electron chi connectivity index (χ0n) is 11.4. The Balaban J connectivity index is 1.84. The van der Waals surface area contributed by atoms with E-state index in [0.29, 0.717) is 5.92 Å². The maximum absolute atomic E-state index is 13.6. The molecule has 3 N–H and O–H groups in total. The van der Waals surface area contributed by atoms with Crippen molar-refractivity contribution in [2.75, 3.05) is 6.61 Å². The lowest BCUT2D eigenvalue weighted by atomic mass is 9.70. The van der Waals surface area contributed by atoms with Gasteiger partial charge >= 0.3 is 0 Å². The zero-order valence-corrected chi connectivity index (χ0v) is 12.1. The van der Waals surface area contributed by atoms with Gasteiger partial charge in [-0.25, -0.2) is 4.39 Å². The van der Waals surface area contributed by atoms with E-state index in [-0.39, 0.29) is 16.7 Å². The lowest BCUT2D eigenvalue weighted by molar-refractivity contribution is -0.147. The maximum atomic E-state index is 13.6. The molecule has 1 aromatic carbocycles. The first kappa shape index (κ1) is 14.3. The first-order valence-electron chi connectivity index (χ1n) is 7.19. The van der Waals surface area contributed by atoms with Crippen molar-refractivity contribution in [3.63, 3.8) is 0 Å². The van der Waals surface area contributed by atoms with Gasteiger partial charge in [-0.05, 0) is 49.7 Å². The molecule has 20 heavy (non-hydrogen) atoms. The highest BCUT2D eigenvalue weighted by Crippen LogP contribution is 2.47. The van der Waals surface area contributed by atoms with Crippen LogP contribution in [0.15, 0.2) is 18.2 Å². The molecule has 5 heteroatoms. The second kappa shape index (κ2) is 5.60. The molecule has 2 fully saturated rings. The predicted octanol–water partition coefficient (Wildman–Crippen LogP) is 3.33. The molecule has 3 rings (SSSR count). The van der Waals surface area contributed by atoms with Crippen LogP contribution in [-0.4, -0.2) is 12.2 Å². The van der Waals surface area contributed by atoms with Gasteiger partial charge in [0.05, 0.1) is 16.7 Å². The Morgan fingerprint density at radius 2 is 2.25 bits per heavy atom. The van der Waals surface area contributed by atoms with E-state index in [9.17, 15) is 4.39 Å². The van der Waals surface area contributed by atoms with Gasteiger partial charge in [0.15, 0.2) is 0 Å². The second-order valence-electron chi connectivity index (χ2n) is 5.93. The van der Waals surface area contributed by atoms with Crippen LogP contribution < -0.4 is 11.3 Å². The first-order chi connectivity index (χ1) is 9.65. The summed E-state index contributed by atoms with van der Waals surface area (Å²) in [6, 6.07) is 4.77. The van der Waals surface area contributed by atoms with Crippen LogP contribution in [0.4, 0.5) is 4.39 Å². The quantitative estimate of drug-likeness (QED) is 0.665. The number of halogens is 2. The fourth-order valence-electron chi connectivity index (χ4n) is 3.51. The van der Waals surface area contributed by atoms with Crippen LogP contribution in [0.3, 0.4) is 0 Å². The Morgan fingerprint density at radius 1 is 1.45 bits per heavy atom. The molecule has 0 aromatic heterocycles. The number of ether oxygens (including phenoxy) is 1. The van der Waals surface area contributed by atoms with Gasteiger partial charge in [0.25, 0.3) is 0 Å². The highest BCUT2D eigenvalue weighted by molar-refractivity contribution is 6.31. The molecule has 2 atom stereocenters. The van der Waals surface area contributed by atoms with Gasteiger partial charge in [0.1, 0.15) is 5.82 Å². The van der Waals surface area contributed by atoms with Gasteiger partial charge < -0.3 is 4.74 Å². The molecule has 2 unspecified atom stereocenters. The summed E-state index contributed by atoms with van der Waals surface area (Å²) in [4.78, 5) is 0. The standard InChI is InChI=1S/C15H20ClFN2O/c16-13-11(3-1-4-12(13)17)14(19-18)10-5-8-20-15(9-10)6-2-7-15/h1,3-4,10,14,19H,2,5-9,18H2. The molecule has 1 saturated carbocycles. The minimum Gasteiger partial charge on any atom is -0.375 e. The summed E-state index contributed by atoms with van der Waals surface area (Å²) in [6.07, 6.45) is 5.36. The monoisotopic (exact) mass is 298 g/mol. The van der Waals surface area contributed by atoms with Gasteiger partial charge in [-0.3, -0.25) is 11.3 Å². The molecule has 2 aliphatic rings. The molecule has 1 aliphatic heterocycles. The van der Waals surface area contributed by atoms with Crippen molar-refractivity contribution >= 4 is 11.6 Å². The number of hydrogen-bond acceptors (Lipinski definition) is 3. The third kappa shape index (κ3) is 2.46. The second-order valence-corrected chi connectivity index (χ2v) is 6.30. The molecule has 1 aromatic rings. The summed E-state index contributed by atoms with van der Waals surface area (Å²) in [7, 11) is 0. The topological polar surface area (TPSA) is 47.3 Å². The van der Waals surface area contributed by atoms with Crippen molar-refractivity contribution in [3.8, 4) is 0 Å². The van der Waals surface area contributed by atoms with E-state index in [1.165, 1.54) is 12.5 Å². The van der Waals surface area contributed by atoms with Crippen LogP contribution in [0.1, 0.15) is 43.7 Å². The SMILES string of the molecule is NNC(c1cccc(F)c1Cl)C1CCOC2(CCC2)C1. The number of benzene rings is 1. The average molecular weight is 299 g/mol. The molecule has 3 nitrogen and oxygen atoms in total. The number of nitrogens with two attached hydrogens (primary N) is 1. The average Bonchev–Trinajstić information content (AvgIpc) is 2.43. The van der Waals surface area contributed by atoms with E-state index >= 15 is 0 Å². The molecule has 1 spiro atoms. The Labute approximate surface area is 123 Å². The number of hydrogen-bond donors (Lipinski definition) is 2. The molecule has 0 bridgehead atoms. The number of nitrogens with one attached hydrogen (secondary N) is 1. The van der Waals surface area contributed by atoms with Gasteiger partial charge in [-0.2, -0.15) is 0 Å². The van der Waals surface area contributed by atoms with Gasteiger partial charge in [0.2, 0.25) is 0 Å². The minimum atomic E-state index is -0.394. The summed E-state index contributed by atoms with van der Waals surface area (Å²) in [5, 5.41) is 0.171. The summed E-state index contributed by atoms with van der Waals surface area (Å²) >= 11 is 6.10. The Bertz CT molecular complexity index is 493. The fourth-order valence-corrected chi connectivity index (χ4v) is 3.75. The Hall–Kier alpha value is -0.680. The first-order valence-corrected chi connectivity index (χ1v) is 7.57. The minimum absolute atomic E-state index is 0.0395. The molecule has 110 valence electrons. The zero-order chi connectivity index (χ0) is 14.2. The van der Waals surface area contributed by atoms with Crippen LogP contribution in [0.25, 0.3) is 0 Å². The molecule has 0 amide bonds. The van der Waals surface area contributed by atoms with Crippen LogP contribution in [0.2, 0.25) is 5.02 Å². The van der Waals surface area contributed by atoms with Gasteiger partial charge in [0, 0.05) is 6.61 Å². The summed E-state index contributed by atoms with van der Waals surface area (Å²) in [6.45, 7) is 0.746. The van der Waals surface area contributed by atoms with Crippen LogP contribution in [0.5, 0.6) is 0 Å². The number of hydrazine groups is 1. The third-order valence-corrected chi connectivity index (χ3v) is 5.16. The normalized spacial score (nSPS) is 26.2. The van der Waals surface area contributed by atoms with E-state index in [1.807, 2.05) is 6.07 Å². The van der Waals surface area contributed by atoms with Crippen molar-refractivity contribution in [1.29, 1.82) is 0 Å². The predicted molar refractivity (Wildman–Crippen MR) is 76.7 cm³/mol. The summed E-state index contributed by atoms with van der Waals surface area (Å²) in [5.74, 6) is 5.66. The van der Waals surface area contributed by atoms with Crippen molar-refractivity contribution in [3.05, 3.63) is 34.6 Å². The van der Waals surface area contributed by atoms with E-state index < -0.39 is 5.82 Å². The smallest absolute Gasteiger partial charge is 0.142 e. The third-order valence-electron chi connectivity index (χ3n) is 4.76. The van der Waals surface area contributed by atoms with E-state index in [4.69, 9.17) is 22.2 Å². The number of rotatable bonds is 3. The van der Waals surface area contributed by atoms with E-state index in [2.05, 4.69) is 5.43 Å². The Morgan fingerprint density at radius 3 is 2.90 bits per heavy atom. The van der Waals surface area contributed by atoms with E-state index in [0.717, 1.165) is 37.9 Å². The molecule has 0 radical (unpaired) electrons. The molecule has 1 aliphatic carbocycles.